The predicted molar refractivity (Wildman–Crippen MR) is 137 cm³/mol. The maximum Gasteiger partial charge on any atom is 0.295 e. The molecule has 3 aromatic rings. The second-order valence-corrected chi connectivity index (χ2v) is 9.19. The van der Waals surface area contributed by atoms with Crippen molar-refractivity contribution in [2.24, 2.45) is 0 Å². The number of fused-ring (bicyclic) bond motifs is 1. The summed E-state index contributed by atoms with van der Waals surface area (Å²) in [5, 5.41) is 11.4. The molecule has 1 saturated heterocycles. The number of ether oxygens (including phenoxy) is 2. The number of hydrogen-bond donors (Lipinski definition) is 1. The summed E-state index contributed by atoms with van der Waals surface area (Å²) in [5.41, 5.74) is 3.39. The molecule has 1 amide bonds. The van der Waals surface area contributed by atoms with E-state index in [9.17, 15) is 14.7 Å². The maximum atomic E-state index is 13.3. The fraction of sp³-hybridized carbons (Fsp3) is 0.267. The molecule has 0 bridgehead atoms. The Kier molecular flexibility index (Phi) is 6.51. The van der Waals surface area contributed by atoms with Crippen LogP contribution >= 0.6 is 0 Å². The topological polar surface area (TPSA) is 76.1 Å². The van der Waals surface area contributed by atoms with E-state index < -0.39 is 17.7 Å². The first kappa shape index (κ1) is 23.7. The third kappa shape index (κ3) is 4.47. The normalized spacial score (nSPS) is 20.3. The van der Waals surface area contributed by atoms with Gasteiger partial charge in [-0.15, -0.1) is 0 Å². The Labute approximate surface area is 210 Å². The Morgan fingerprint density at radius 3 is 2.53 bits per heavy atom. The second kappa shape index (κ2) is 9.90. The largest absolute Gasteiger partial charge is 0.507 e. The van der Waals surface area contributed by atoms with Crippen molar-refractivity contribution in [1.82, 2.24) is 4.90 Å². The summed E-state index contributed by atoms with van der Waals surface area (Å²) in [4.78, 5) is 28.1. The molecule has 2 aliphatic rings. The zero-order valence-electron chi connectivity index (χ0n) is 20.4. The summed E-state index contributed by atoms with van der Waals surface area (Å²) in [6, 6.07) is 21.9. The minimum atomic E-state index is -0.701. The van der Waals surface area contributed by atoms with E-state index in [-0.39, 0.29) is 17.4 Å². The first-order valence-electron chi connectivity index (χ1n) is 12.3. The Bertz CT molecular complexity index is 1310. The molecule has 1 N–H and O–H groups in total. The Morgan fingerprint density at radius 1 is 1.06 bits per heavy atom. The van der Waals surface area contributed by atoms with Crippen LogP contribution in [0.2, 0.25) is 0 Å². The van der Waals surface area contributed by atoms with Crippen LogP contribution in [-0.4, -0.2) is 41.0 Å². The van der Waals surface area contributed by atoms with Crippen LogP contribution in [0.5, 0.6) is 11.5 Å². The van der Waals surface area contributed by atoms with Crippen molar-refractivity contribution >= 4 is 17.4 Å². The molecule has 1 fully saturated rings. The molecule has 184 valence electrons. The van der Waals surface area contributed by atoms with Crippen LogP contribution in [0.15, 0.2) is 78.4 Å². The van der Waals surface area contributed by atoms with Crippen LogP contribution in [0.4, 0.5) is 0 Å². The Morgan fingerprint density at radius 2 is 1.81 bits per heavy atom. The summed E-state index contributed by atoms with van der Waals surface area (Å²) in [6.07, 6.45) is 1.38. The van der Waals surface area contributed by atoms with Crippen molar-refractivity contribution in [1.29, 1.82) is 0 Å². The van der Waals surface area contributed by atoms with E-state index >= 15 is 0 Å². The number of likely N-dealkylation sites (tertiary alicyclic amines) is 1. The van der Waals surface area contributed by atoms with Crippen LogP contribution in [0, 0.1) is 0 Å². The van der Waals surface area contributed by atoms with Crippen molar-refractivity contribution in [3.05, 3.63) is 101 Å². The maximum absolute atomic E-state index is 13.3. The number of amides is 1. The second-order valence-electron chi connectivity index (χ2n) is 9.19. The van der Waals surface area contributed by atoms with Gasteiger partial charge in [-0.25, -0.2) is 0 Å². The summed E-state index contributed by atoms with van der Waals surface area (Å²) in [7, 11) is 0. The number of hydrogen-bond acceptors (Lipinski definition) is 5. The lowest BCUT2D eigenvalue weighted by molar-refractivity contribution is -0.139. The van der Waals surface area contributed by atoms with Gasteiger partial charge >= 0.3 is 0 Å². The molecule has 2 aliphatic heterocycles. The van der Waals surface area contributed by atoms with Crippen LogP contribution in [0.3, 0.4) is 0 Å². The molecule has 0 unspecified atom stereocenters. The molecule has 0 saturated carbocycles. The molecule has 5 rings (SSSR count). The van der Waals surface area contributed by atoms with Crippen LogP contribution in [0.25, 0.3) is 5.76 Å². The molecular weight excluding hydrogens is 454 g/mol. The first-order chi connectivity index (χ1) is 17.5. The Balaban J connectivity index is 1.56. The molecule has 0 aliphatic carbocycles. The zero-order chi connectivity index (χ0) is 25.2. The Hall–Kier alpha value is -4.06. The van der Waals surface area contributed by atoms with Crippen molar-refractivity contribution in [2.45, 2.75) is 38.8 Å². The lowest BCUT2D eigenvalue weighted by Gasteiger charge is -2.25. The highest BCUT2D eigenvalue weighted by Gasteiger charge is 2.46. The summed E-state index contributed by atoms with van der Waals surface area (Å²) >= 11 is 0. The highest BCUT2D eigenvalue weighted by molar-refractivity contribution is 6.46. The summed E-state index contributed by atoms with van der Waals surface area (Å²) in [5.74, 6) is 0.0338. The SMILES string of the molecule is CCOc1ccc([C@H]2/C(=C(\O)c3ccc4c(c3)C[C@@H](C)O4)C(=O)C(=O)N2CCc2ccccc2)cc1. The molecule has 6 nitrogen and oxygen atoms in total. The number of benzene rings is 3. The first-order valence-corrected chi connectivity index (χ1v) is 12.3. The molecule has 6 heteroatoms. The standard InChI is InChI=1S/C30H29NO5/c1-3-35-24-12-9-21(10-13-24)27-26(28(32)22-11-14-25-23(18-22)17-19(2)36-25)29(33)30(34)31(27)16-15-20-7-5-4-6-8-20/h4-14,18-19,27,32H,3,15-17H2,1-2H3/b28-26+/t19-,27+/m1/s1. The number of carbonyl (C=O) groups excluding carboxylic acids is 2. The van der Waals surface area contributed by atoms with Crippen molar-refractivity contribution in [3.8, 4) is 11.5 Å². The van der Waals surface area contributed by atoms with E-state index in [2.05, 4.69) is 0 Å². The van der Waals surface area contributed by atoms with E-state index in [4.69, 9.17) is 9.47 Å². The van der Waals surface area contributed by atoms with Gasteiger partial charge in [0.2, 0.25) is 0 Å². The van der Waals surface area contributed by atoms with Crippen LogP contribution in [-0.2, 0) is 22.4 Å². The van der Waals surface area contributed by atoms with Crippen LogP contribution in [0.1, 0.15) is 42.1 Å². The number of rotatable bonds is 7. The highest BCUT2D eigenvalue weighted by atomic mass is 16.5. The molecule has 2 atom stereocenters. The van der Waals surface area contributed by atoms with Gasteiger partial charge in [-0.3, -0.25) is 9.59 Å². The van der Waals surface area contributed by atoms with E-state index in [1.165, 1.54) is 0 Å². The molecule has 0 aromatic heterocycles. The van der Waals surface area contributed by atoms with Crippen LogP contribution < -0.4 is 9.47 Å². The monoisotopic (exact) mass is 483 g/mol. The van der Waals surface area contributed by atoms with Gasteiger partial charge in [0, 0.05) is 18.5 Å². The van der Waals surface area contributed by atoms with Gasteiger partial charge in [-0.2, -0.15) is 0 Å². The quantitative estimate of drug-likeness (QED) is 0.288. The van der Waals surface area contributed by atoms with Gasteiger partial charge in [0.15, 0.2) is 0 Å². The smallest absolute Gasteiger partial charge is 0.295 e. The zero-order valence-corrected chi connectivity index (χ0v) is 20.4. The van der Waals surface area contributed by atoms with Gasteiger partial charge < -0.3 is 19.5 Å². The number of carbonyl (C=O) groups is 2. The van der Waals surface area contributed by atoms with Gasteiger partial charge in [0.25, 0.3) is 11.7 Å². The highest BCUT2D eigenvalue weighted by Crippen LogP contribution is 2.41. The number of Topliss-reactive ketones (excluding diaryl/α,β-unsaturated/α-hetero) is 1. The third-order valence-corrected chi connectivity index (χ3v) is 6.70. The molecule has 0 radical (unpaired) electrons. The molecule has 0 spiro atoms. The number of aliphatic hydroxyl groups excluding tert-OH is 1. The van der Waals surface area contributed by atoms with Crippen molar-refractivity contribution < 1.29 is 24.2 Å². The van der Waals surface area contributed by atoms with E-state index in [1.807, 2.05) is 80.6 Å². The fourth-order valence-corrected chi connectivity index (χ4v) is 4.99. The molecule has 36 heavy (non-hydrogen) atoms. The summed E-state index contributed by atoms with van der Waals surface area (Å²) < 4.78 is 11.4. The third-order valence-electron chi connectivity index (χ3n) is 6.70. The van der Waals surface area contributed by atoms with Gasteiger partial charge in [-0.1, -0.05) is 42.5 Å². The van der Waals surface area contributed by atoms with E-state index in [0.717, 1.165) is 28.9 Å². The van der Waals surface area contributed by atoms with Gasteiger partial charge in [0.05, 0.1) is 18.2 Å². The molecule has 2 heterocycles. The minimum Gasteiger partial charge on any atom is -0.507 e. The van der Waals surface area contributed by atoms with Crippen molar-refractivity contribution in [3.63, 3.8) is 0 Å². The number of ketones is 1. The number of nitrogens with zero attached hydrogens (tertiary/aromatic N) is 1. The molecule has 3 aromatic carbocycles. The van der Waals surface area contributed by atoms with E-state index in [0.29, 0.717) is 30.9 Å². The van der Waals surface area contributed by atoms with Crippen molar-refractivity contribution in [2.75, 3.05) is 13.2 Å². The lowest BCUT2D eigenvalue weighted by Crippen LogP contribution is -2.31. The van der Waals surface area contributed by atoms with Gasteiger partial charge in [0.1, 0.15) is 23.4 Å². The fourth-order valence-electron chi connectivity index (χ4n) is 4.99. The number of aliphatic hydroxyl groups is 1. The lowest BCUT2D eigenvalue weighted by atomic mass is 9.94. The predicted octanol–water partition coefficient (Wildman–Crippen LogP) is 5.07. The van der Waals surface area contributed by atoms with Gasteiger partial charge in [-0.05, 0) is 67.3 Å². The average molecular weight is 484 g/mol. The molecular formula is C30H29NO5. The van der Waals surface area contributed by atoms with E-state index in [1.54, 1.807) is 11.0 Å². The average Bonchev–Trinajstić information content (AvgIpc) is 3.39. The minimum absolute atomic E-state index is 0.0600. The summed E-state index contributed by atoms with van der Waals surface area (Å²) in [6.45, 7) is 4.78.